The zero-order valence-electron chi connectivity index (χ0n) is 18.0. The first kappa shape index (κ1) is 22.1. The molecule has 0 fully saturated rings. The molecule has 2 aromatic carbocycles. The van der Waals surface area contributed by atoms with E-state index in [4.69, 9.17) is 0 Å². The Morgan fingerprint density at radius 1 is 1.16 bits per heavy atom. The van der Waals surface area contributed by atoms with Crippen molar-refractivity contribution < 1.29 is 14.7 Å². The number of rotatable bonds is 8. The Kier molecular flexibility index (Phi) is 6.92. The summed E-state index contributed by atoms with van der Waals surface area (Å²) in [6.45, 7) is 2.93. The van der Waals surface area contributed by atoms with Crippen molar-refractivity contribution in [3.63, 3.8) is 0 Å². The van der Waals surface area contributed by atoms with Crippen LogP contribution in [-0.4, -0.2) is 38.8 Å². The number of benzene rings is 2. The number of anilines is 1. The lowest BCUT2D eigenvalue weighted by Gasteiger charge is -2.17. The number of para-hydroxylation sites is 1. The molecule has 8 heteroatoms. The van der Waals surface area contributed by atoms with Gasteiger partial charge in [0, 0.05) is 18.8 Å². The third-order valence-electron chi connectivity index (χ3n) is 5.49. The molecule has 2 heterocycles. The summed E-state index contributed by atoms with van der Waals surface area (Å²) in [6, 6.07) is 15.9. The minimum absolute atomic E-state index is 0.00358. The third kappa shape index (κ3) is 5.03. The van der Waals surface area contributed by atoms with Crippen molar-refractivity contribution in [1.82, 2.24) is 14.9 Å². The number of aliphatic hydroxyl groups is 1. The monoisotopic (exact) mass is 450 g/mol. The van der Waals surface area contributed by atoms with Crippen LogP contribution in [0.15, 0.2) is 59.9 Å². The summed E-state index contributed by atoms with van der Waals surface area (Å²) < 4.78 is 1.67. The SMILES string of the molecule is Cc1ccc(CNC(=O)Cn2c(CO)cnc2SCC(=O)N2CCc3ccccc32)cc1. The second-order valence-corrected chi connectivity index (χ2v) is 8.69. The van der Waals surface area contributed by atoms with E-state index < -0.39 is 0 Å². The molecule has 1 aromatic heterocycles. The molecule has 0 atom stereocenters. The van der Waals surface area contributed by atoms with Crippen LogP contribution in [0.25, 0.3) is 0 Å². The zero-order chi connectivity index (χ0) is 22.5. The van der Waals surface area contributed by atoms with Crippen LogP contribution in [0.4, 0.5) is 5.69 Å². The summed E-state index contributed by atoms with van der Waals surface area (Å²) in [5.74, 6) is 0.0325. The summed E-state index contributed by atoms with van der Waals surface area (Å²) in [4.78, 5) is 31.5. The number of thioether (sulfide) groups is 1. The van der Waals surface area contributed by atoms with E-state index in [1.54, 1.807) is 15.7 Å². The Hall–Kier alpha value is -3.10. The molecule has 0 spiro atoms. The van der Waals surface area contributed by atoms with E-state index >= 15 is 0 Å². The van der Waals surface area contributed by atoms with Crippen molar-refractivity contribution in [3.8, 4) is 0 Å². The number of nitrogens with zero attached hydrogens (tertiary/aromatic N) is 3. The lowest BCUT2D eigenvalue weighted by atomic mass is 10.1. The fraction of sp³-hybridized carbons (Fsp3) is 0.292. The average molecular weight is 451 g/mol. The Balaban J connectivity index is 1.37. The van der Waals surface area contributed by atoms with Crippen molar-refractivity contribution in [1.29, 1.82) is 0 Å². The number of aromatic nitrogens is 2. The number of imidazole rings is 1. The largest absolute Gasteiger partial charge is 0.390 e. The number of aryl methyl sites for hydroxylation is 1. The van der Waals surface area contributed by atoms with Gasteiger partial charge in [-0.3, -0.25) is 9.59 Å². The summed E-state index contributed by atoms with van der Waals surface area (Å²) >= 11 is 1.28. The van der Waals surface area contributed by atoms with E-state index in [9.17, 15) is 14.7 Å². The molecule has 0 saturated carbocycles. The van der Waals surface area contributed by atoms with Crippen molar-refractivity contribution in [2.24, 2.45) is 0 Å². The Labute approximate surface area is 191 Å². The van der Waals surface area contributed by atoms with Gasteiger partial charge in [0.1, 0.15) is 6.54 Å². The van der Waals surface area contributed by atoms with Crippen LogP contribution >= 0.6 is 11.8 Å². The number of hydrogen-bond donors (Lipinski definition) is 2. The molecule has 0 saturated heterocycles. The second kappa shape index (κ2) is 10.0. The number of nitrogens with one attached hydrogen (secondary N) is 1. The van der Waals surface area contributed by atoms with Crippen LogP contribution in [0.3, 0.4) is 0 Å². The molecule has 4 rings (SSSR count). The molecule has 0 aliphatic carbocycles. The van der Waals surface area contributed by atoms with Crippen LogP contribution < -0.4 is 10.2 Å². The van der Waals surface area contributed by atoms with E-state index in [2.05, 4.69) is 10.3 Å². The fourth-order valence-electron chi connectivity index (χ4n) is 3.71. The van der Waals surface area contributed by atoms with E-state index in [0.717, 1.165) is 17.7 Å². The predicted molar refractivity (Wildman–Crippen MR) is 124 cm³/mol. The highest BCUT2D eigenvalue weighted by molar-refractivity contribution is 7.99. The smallest absolute Gasteiger partial charge is 0.240 e. The van der Waals surface area contributed by atoms with Gasteiger partial charge < -0.3 is 19.9 Å². The summed E-state index contributed by atoms with van der Waals surface area (Å²) in [6.07, 6.45) is 2.40. The van der Waals surface area contributed by atoms with Gasteiger partial charge in [0.15, 0.2) is 5.16 Å². The molecule has 166 valence electrons. The normalized spacial score (nSPS) is 12.6. The molecule has 1 aliphatic rings. The molecule has 0 radical (unpaired) electrons. The number of aliphatic hydroxyl groups excluding tert-OH is 1. The lowest BCUT2D eigenvalue weighted by Crippen LogP contribution is -2.31. The van der Waals surface area contributed by atoms with Crippen molar-refractivity contribution in [3.05, 3.63) is 77.1 Å². The van der Waals surface area contributed by atoms with Gasteiger partial charge in [0.2, 0.25) is 11.8 Å². The molecule has 7 nitrogen and oxygen atoms in total. The summed E-state index contributed by atoms with van der Waals surface area (Å²) in [5.41, 5.74) is 4.87. The number of carbonyl (C=O) groups is 2. The first-order chi connectivity index (χ1) is 15.5. The molecular weight excluding hydrogens is 424 g/mol. The van der Waals surface area contributed by atoms with Crippen molar-refractivity contribution in [2.45, 2.75) is 38.2 Å². The van der Waals surface area contributed by atoms with Gasteiger partial charge in [-0.1, -0.05) is 59.8 Å². The zero-order valence-corrected chi connectivity index (χ0v) is 18.8. The number of amides is 2. The molecule has 0 bridgehead atoms. The summed E-state index contributed by atoms with van der Waals surface area (Å²) in [5, 5.41) is 13.1. The van der Waals surface area contributed by atoms with Gasteiger partial charge in [-0.25, -0.2) is 4.98 Å². The maximum atomic E-state index is 12.8. The molecule has 2 N–H and O–H groups in total. The van der Waals surface area contributed by atoms with Crippen LogP contribution in [0, 0.1) is 6.92 Å². The lowest BCUT2D eigenvalue weighted by molar-refractivity contribution is -0.122. The third-order valence-corrected chi connectivity index (χ3v) is 6.46. The standard InChI is InChI=1S/C24H26N4O3S/c1-17-6-8-18(9-7-17)12-25-22(30)14-28-20(15-29)13-26-24(28)32-16-23(31)27-11-10-19-4-2-3-5-21(19)27/h2-9,13,29H,10-12,14-16H2,1H3,(H,25,30). The first-order valence-corrected chi connectivity index (χ1v) is 11.5. The molecular formula is C24H26N4O3S. The minimum atomic E-state index is -0.230. The first-order valence-electron chi connectivity index (χ1n) is 10.5. The van der Waals surface area contributed by atoms with Crippen molar-refractivity contribution in [2.75, 3.05) is 17.2 Å². The van der Waals surface area contributed by atoms with Gasteiger partial charge in [-0.15, -0.1) is 0 Å². The van der Waals surface area contributed by atoms with E-state index in [-0.39, 0.29) is 30.7 Å². The molecule has 0 unspecified atom stereocenters. The Morgan fingerprint density at radius 3 is 2.72 bits per heavy atom. The molecule has 32 heavy (non-hydrogen) atoms. The molecule has 1 aliphatic heterocycles. The minimum Gasteiger partial charge on any atom is -0.390 e. The van der Waals surface area contributed by atoms with Gasteiger partial charge in [-0.2, -0.15) is 0 Å². The highest BCUT2D eigenvalue weighted by Crippen LogP contribution is 2.29. The molecule has 3 aromatic rings. The van der Waals surface area contributed by atoms with E-state index in [0.29, 0.717) is 23.9 Å². The van der Waals surface area contributed by atoms with Gasteiger partial charge in [0.25, 0.3) is 0 Å². The van der Waals surface area contributed by atoms with E-state index in [1.165, 1.54) is 22.9 Å². The maximum absolute atomic E-state index is 12.8. The number of fused-ring (bicyclic) bond motifs is 1. The van der Waals surface area contributed by atoms with Crippen molar-refractivity contribution >= 4 is 29.3 Å². The molecule has 2 amide bonds. The average Bonchev–Trinajstić information content (AvgIpc) is 3.41. The highest BCUT2D eigenvalue weighted by atomic mass is 32.2. The van der Waals surface area contributed by atoms with Crippen LogP contribution in [0.2, 0.25) is 0 Å². The van der Waals surface area contributed by atoms with Gasteiger partial charge in [-0.05, 0) is 30.5 Å². The van der Waals surface area contributed by atoms with Crippen LogP contribution in [-0.2, 0) is 35.7 Å². The van der Waals surface area contributed by atoms with E-state index in [1.807, 2.05) is 55.5 Å². The van der Waals surface area contributed by atoms with Gasteiger partial charge in [0.05, 0.1) is 24.3 Å². The van der Waals surface area contributed by atoms with Crippen LogP contribution in [0.1, 0.15) is 22.4 Å². The fourth-order valence-corrected chi connectivity index (χ4v) is 4.58. The maximum Gasteiger partial charge on any atom is 0.240 e. The predicted octanol–water partition coefficient (Wildman–Crippen LogP) is 2.68. The highest BCUT2D eigenvalue weighted by Gasteiger charge is 2.24. The number of carbonyl (C=O) groups excluding carboxylic acids is 2. The Bertz CT molecular complexity index is 1110. The van der Waals surface area contributed by atoms with Gasteiger partial charge >= 0.3 is 0 Å². The Morgan fingerprint density at radius 2 is 1.94 bits per heavy atom. The quantitative estimate of drug-likeness (QED) is 0.515. The van der Waals surface area contributed by atoms with Crippen LogP contribution in [0.5, 0.6) is 0 Å². The topological polar surface area (TPSA) is 87.5 Å². The number of hydrogen-bond acceptors (Lipinski definition) is 5. The summed E-state index contributed by atoms with van der Waals surface area (Å²) in [7, 11) is 0. The second-order valence-electron chi connectivity index (χ2n) is 7.75.